The van der Waals surface area contributed by atoms with Gasteiger partial charge in [0.1, 0.15) is 11.5 Å². The first-order valence-electron chi connectivity index (χ1n) is 11.1. The highest BCUT2D eigenvalue weighted by atomic mass is 19.4. The van der Waals surface area contributed by atoms with Gasteiger partial charge < -0.3 is 20.9 Å². The van der Waals surface area contributed by atoms with Crippen LogP contribution in [0.3, 0.4) is 0 Å². The van der Waals surface area contributed by atoms with Crippen molar-refractivity contribution < 1.29 is 79.7 Å². The second-order valence-corrected chi connectivity index (χ2v) is 8.87. The van der Waals surface area contributed by atoms with Crippen LogP contribution >= 0.6 is 0 Å². The Labute approximate surface area is 234 Å². The average Bonchev–Trinajstić information content (AvgIpc) is 2.90. The average molecular weight is 669 g/mol. The van der Waals surface area contributed by atoms with Crippen LogP contribution in [-0.2, 0) is 0 Å². The van der Waals surface area contributed by atoms with Gasteiger partial charge in [-0.15, -0.1) is 0 Å². The van der Waals surface area contributed by atoms with E-state index in [1.54, 1.807) is 0 Å². The lowest BCUT2D eigenvalue weighted by Crippen LogP contribution is -2.75. The summed E-state index contributed by atoms with van der Waals surface area (Å²) in [5.41, 5.74) is 9.35. The number of nitrogens with zero attached hydrogens (tertiary/aromatic N) is 1. The Morgan fingerprint density at radius 2 is 0.932 bits per heavy atom. The van der Waals surface area contributed by atoms with Gasteiger partial charge in [0, 0.05) is 5.69 Å². The van der Waals surface area contributed by atoms with E-state index in [1.807, 2.05) is 0 Å². The minimum atomic E-state index is -8.58. The number of hydrogen-bond acceptors (Lipinski definition) is 5. The molecular weight excluding hydrogens is 654 g/mol. The largest absolute Gasteiger partial charge is 0.487 e. The van der Waals surface area contributed by atoms with Crippen LogP contribution in [0.1, 0.15) is 5.56 Å². The SMILES string of the molecule is N#Cc1ccc(OCC(F)(F)C(F)(F)C(F)(F)C(F)(F)C(F)(F)C(F)(F)C(F)(F)C(F)(F)COc2ccc(N)cc2N)cc1. The molecule has 0 saturated carbocycles. The van der Waals surface area contributed by atoms with Gasteiger partial charge in [-0.3, -0.25) is 0 Å². The standard InChI is InChI=1S/C23H15F16N3O2/c24-16(25,9-43-13-4-1-11(8-40)2-5-13)18(28,29)20(32,33)22(36,37)23(38,39)21(34,35)19(30,31)17(26,27)10-44-15-6-3-12(41)7-14(15)42/h1-7H,9-10,41-42H2. The Kier molecular flexibility index (Phi) is 9.20. The summed E-state index contributed by atoms with van der Waals surface area (Å²) in [5.74, 6) is -64.7. The smallest absolute Gasteiger partial charge is 0.385 e. The van der Waals surface area contributed by atoms with E-state index in [9.17, 15) is 70.2 Å². The maximum Gasteiger partial charge on any atom is 0.385 e. The third-order valence-electron chi connectivity index (χ3n) is 5.74. The number of halogens is 16. The molecule has 0 aliphatic carbocycles. The van der Waals surface area contributed by atoms with Gasteiger partial charge >= 0.3 is 47.4 Å². The Morgan fingerprint density at radius 1 is 0.545 bits per heavy atom. The van der Waals surface area contributed by atoms with Crippen LogP contribution in [0.4, 0.5) is 81.6 Å². The number of nitrogen functional groups attached to an aromatic ring is 2. The number of ether oxygens (including phenoxy) is 2. The summed E-state index contributed by atoms with van der Waals surface area (Å²) in [4.78, 5) is 0. The number of nitriles is 1. The second-order valence-electron chi connectivity index (χ2n) is 8.87. The molecule has 0 fully saturated rings. The number of rotatable bonds is 13. The van der Waals surface area contributed by atoms with Crippen molar-refractivity contribution in [1.82, 2.24) is 0 Å². The van der Waals surface area contributed by atoms with Gasteiger partial charge in [-0.25, -0.2) is 0 Å². The highest BCUT2D eigenvalue weighted by molar-refractivity contribution is 5.60. The van der Waals surface area contributed by atoms with Gasteiger partial charge in [0.05, 0.1) is 17.3 Å². The summed E-state index contributed by atoms with van der Waals surface area (Å²) >= 11 is 0. The predicted molar refractivity (Wildman–Crippen MR) is 117 cm³/mol. The van der Waals surface area contributed by atoms with Crippen molar-refractivity contribution in [3.05, 3.63) is 48.0 Å². The van der Waals surface area contributed by atoms with E-state index in [0.717, 1.165) is 24.3 Å². The minimum absolute atomic E-state index is 0.188. The molecule has 0 amide bonds. The van der Waals surface area contributed by atoms with Crippen molar-refractivity contribution in [1.29, 1.82) is 5.26 Å². The van der Waals surface area contributed by atoms with Crippen LogP contribution in [0.2, 0.25) is 0 Å². The van der Waals surface area contributed by atoms with Gasteiger partial charge in [0.2, 0.25) is 0 Å². The molecule has 0 spiro atoms. The zero-order valence-corrected chi connectivity index (χ0v) is 20.9. The van der Waals surface area contributed by atoms with Crippen LogP contribution in [0.15, 0.2) is 42.5 Å². The molecule has 246 valence electrons. The molecule has 5 nitrogen and oxygen atoms in total. The Balaban J connectivity index is 2.42. The number of anilines is 2. The molecule has 0 aliphatic heterocycles. The molecule has 0 radical (unpaired) electrons. The maximum absolute atomic E-state index is 14.1. The quantitative estimate of drug-likeness (QED) is 0.173. The van der Waals surface area contributed by atoms with E-state index >= 15 is 0 Å². The van der Waals surface area contributed by atoms with Gasteiger partial charge in [-0.05, 0) is 42.5 Å². The normalized spacial score (nSPS) is 14.2. The molecule has 44 heavy (non-hydrogen) atoms. The van der Waals surface area contributed by atoms with E-state index < -0.39 is 77.8 Å². The van der Waals surface area contributed by atoms with Gasteiger partial charge in [0.15, 0.2) is 13.2 Å². The van der Waals surface area contributed by atoms with E-state index in [2.05, 4.69) is 9.47 Å². The molecule has 2 aromatic carbocycles. The molecule has 4 N–H and O–H groups in total. The predicted octanol–water partition coefficient (Wildman–Crippen LogP) is 7.26. The zero-order chi connectivity index (χ0) is 34.4. The summed E-state index contributed by atoms with van der Waals surface area (Å²) < 4.78 is 233. The van der Waals surface area contributed by atoms with Crippen molar-refractivity contribution in [3.8, 4) is 17.6 Å². The first-order chi connectivity index (χ1) is 19.6. The van der Waals surface area contributed by atoms with E-state index in [-0.39, 0.29) is 11.3 Å². The highest BCUT2D eigenvalue weighted by Gasteiger charge is 2.94. The van der Waals surface area contributed by atoms with Gasteiger partial charge in [0.25, 0.3) is 0 Å². The van der Waals surface area contributed by atoms with Crippen molar-refractivity contribution in [3.63, 3.8) is 0 Å². The molecule has 0 aliphatic rings. The fraction of sp³-hybridized carbons (Fsp3) is 0.435. The first kappa shape index (κ1) is 36.2. The molecule has 0 aromatic heterocycles. The lowest BCUT2D eigenvalue weighted by atomic mass is 9.88. The number of hydrogen-bond donors (Lipinski definition) is 2. The van der Waals surface area contributed by atoms with Crippen LogP contribution in [0.5, 0.6) is 11.5 Å². The van der Waals surface area contributed by atoms with Crippen LogP contribution in [-0.4, -0.2) is 60.6 Å². The van der Waals surface area contributed by atoms with Crippen molar-refractivity contribution >= 4 is 11.4 Å². The topological polar surface area (TPSA) is 94.3 Å². The Morgan fingerprint density at radius 3 is 1.32 bits per heavy atom. The molecular formula is C23H15F16N3O2. The number of nitrogens with two attached hydrogens (primary N) is 2. The lowest BCUT2D eigenvalue weighted by Gasteiger charge is -2.43. The second kappa shape index (κ2) is 11.2. The molecule has 0 heterocycles. The monoisotopic (exact) mass is 669 g/mol. The molecule has 0 bridgehead atoms. The van der Waals surface area contributed by atoms with Crippen LogP contribution in [0, 0.1) is 11.3 Å². The molecule has 2 aromatic rings. The first-order valence-corrected chi connectivity index (χ1v) is 11.1. The summed E-state index contributed by atoms with van der Waals surface area (Å²) in [5, 5.41) is 8.59. The molecule has 0 unspecified atom stereocenters. The Hall–Kier alpha value is -3.99. The lowest BCUT2D eigenvalue weighted by molar-refractivity contribution is -0.454. The fourth-order valence-electron chi connectivity index (χ4n) is 3.10. The Bertz CT molecular complexity index is 1370. The minimum Gasteiger partial charge on any atom is -0.487 e. The van der Waals surface area contributed by atoms with Gasteiger partial charge in [-0.1, -0.05) is 0 Å². The van der Waals surface area contributed by atoms with E-state index in [1.165, 1.54) is 6.07 Å². The summed E-state index contributed by atoms with van der Waals surface area (Å²) in [7, 11) is 0. The third kappa shape index (κ3) is 5.65. The van der Waals surface area contributed by atoms with E-state index in [4.69, 9.17) is 16.7 Å². The van der Waals surface area contributed by atoms with Crippen LogP contribution in [0.25, 0.3) is 0 Å². The van der Waals surface area contributed by atoms with Crippen LogP contribution < -0.4 is 20.9 Å². The molecule has 0 atom stereocenters. The fourth-order valence-corrected chi connectivity index (χ4v) is 3.10. The highest BCUT2D eigenvalue weighted by Crippen LogP contribution is 2.63. The zero-order valence-electron chi connectivity index (χ0n) is 20.9. The van der Waals surface area contributed by atoms with Gasteiger partial charge in [-0.2, -0.15) is 75.5 Å². The van der Waals surface area contributed by atoms with Crippen molar-refractivity contribution in [2.75, 3.05) is 24.7 Å². The summed E-state index contributed by atoms with van der Waals surface area (Å²) in [6.45, 7) is -6.10. The number of benzene rings is 2. The third-order valence-corrected chi connectivity index (χ3v) is 5.74. The van der Waals surface area contributed by atoms with E-state index in [0.29, 0.717) is 18.2 Å². The molecule has 0 saturated heterocycles. The molecule has 21 heteroatoms. The molecule has 2 rings (SSSR count). The maximum atomic E-state index is 14.1. The summed E-state index contributed by atoms with van der Waals surface area (Å²) in [6, 6.07) is 6.42. The summed E-state index contributed by atoms with van der Waals surface area (Å²) in [6.07, 6.45) is 0. The number of alkyl halides is 16. The van der Waals surface area contributed by atoms with Crippen molar-refractivity contribution in [2.45, 2.75) is 47.4 Å². The van der Waals surface area contributed by atoms with Crippen molar-refractivity contribution in [2.24, 2.45) is 0 Å².